The number of nitrogens with zero attached hydrogens (tertiary/aromatic N) is 1. The number of amides is 1. The van der Waals surface area contributed by atoms with E-state index in [2.05, 4.69) is 5.32 Å². The molecule has 1 aromatic carbocycles. The van der Waals surface area contributed by atoms with Gasteiger partial charge in [0.2, 0.25) is 5.91 Å². The average Bonchev–Trinajstić information content (AvgIpc) is 2.45. The molecule has 0 bridgehead atoms. The van der Waals surface area contributed by atoms with E-state index in [0.29, 0.717) is 32.0 Å². The molecule has 0 saturated carbocycles. The number of carboxylic acids is 1. The topological polar surface area (TPSA) is 69.6 Å². The predicted molar refractivity (Wildman–Crippen MR) is 79.9 cm³/mol. The summed E-state index contributed by atoms with van der Waals surface area (Å²) < 4.78 is 0. The van der Waals surface area contributed by atoms with Crippen molar-refractivity contribution >= 4 is 11.9 Å². The molecule has 2 rings (SSSR count). The van der Waals surface area contributed by atoms with Gasteiger partial charge in [-0.2, -0.15) is 0 Å². The normalized spacial score (nSPS) is 17.7. The van der Waals surface area contributed by atoms with Crippen LogP contribution in [0.2, 0.25) is 0 Å². The Kier molecular flexibility index (Phi) is 4.96. The van der Waals surface area contributed by atoms with Gasteiger partial charge in [0, 0.05) is 32.0 Å². The first-order chi connectivity index (χ1) is 9.99. The van der Waals surface area contributed by atoms with E-state index in [9.17, 15) is 14.7 Å². The smallest absolute Gasteiger partial charge is 0.326 e. The van der Waals surface area contributed by atoms with E-state index in [-0.39, 0.29) is 5.91 Å². The van der Waals surface area contributed by atoms with Crippen LogP contribution in [0.1, 0.15) is 31.4 Å². The van der Waals surface area contributed by atoms with Gasteiger partial charge in [0.1, 0.15) is 6.04 Å². The second-order valence-corrected chi connectivity index (χ2v) is 5.71. The number of nitrogens with one attached hydrogen (secondary N) is 1. The highest BCUT2D eigenvalue weighted by molar-refractivity contribution is 5.84. The summed E-state index contributed by atoms with van der Waals surface area (Å²) in [6, 6.07) is 7.28. The Labute approximate surface area is 125 Å². The van der Waals surface area contributed by atoms with Crippen molar-refractivity contribution in [3.63, 3.8) is 0 Å². The van der Waals surface area contributed by atoms with Crippen molar-refractivity contribution in [2.75, 3.05) is 6.54 Å². The number of rotatable bonds is 5. The van der Waals surface area contributed by atoms with Crippen LogP contribution in [-0.4, -0.2) is 40.5 Å². The third kappa shape index (κ3) is 3.82. The van der Waals surface area contributed by atoms with E-state index in [1.165, 1.54) is 4.90 Å². The van der Waals surface area contributed by atoms with Crippen LogP contribution < -0.4 is 5.32 Å². The quantitative estimate of drug-likeness (QED) is 0.860. The number of fused-ring (bicyclic) bond motifs is 1. The number of hydrogen-bond donors (Lipinski definition) is 2. The predicted octanol–water partition coefficient (Wildman–Crippen LogP) is 1.41. The van der Waals surface area contributed by atoms with Crippen LogP contribution in [0.4, 0.5) is 0 Å². The summed E-state index contributed by atoms with van der Waals surface area (Å²) in [6.07, 6.45) is 0.707. The monoisotopic (exact) mass is 290 g/mol. The van der Waals surface area contributed by atoms with Crippen LogP contribution in [0, 0.1) is 0 Å². The highest BCUT2D eigenvalue weighted by atomic mass is 16.4. The lowest BCUT2D eigenvalue weighted by Crippen LogP contribution is -2.49. The van der Waals surface area contributed by atoms with Gasteiger partial charge in [0.15, 0.2) is 0 Å². The Bertz CT molecular complexity index is 528. The van der Waals surface area contributed by atoms with Crippen LogP contribution in [0.15, 0.2) is 24.3 Å². The zero-order chi connectivity index (χ0) is 15.4. The lowest BCUT2D eigenvalue weighted by molar-refractivity contribution is -0.151. The lowest BCUT2D eigenvalue weighted by Gasteiger charge is -2.34. The number of carboxylic acid groups (broad SMARTS) is 1. The molecule has 5 nitrogen and oxygen atoms in total. The van der Waals surface area contributed by atoms with Crippen LogP contribution in [0.5, 0.6) is 0 Å². The largest absolute Gasteiger partial charge is 0.480 e. The molecular weight excluding hydrogens is 268 g/mol. The number of carbonyl (C=O) groups excluding carboxylic acids is 1. The van der Waals surface area contributed by atoms with E-state index in [1.54, 1.807) is 0 Å². The summed E-state index contributed by atoms with van der Waals surface area (Å²) in [7, 11) is 0. The molecule has 1 heterocycles. The Morgan fingerprint density at radius 1 is 1.33 bits per heavy atom. The molecule has 1 amide bonds. The van der Waals surface area contributed by atoms with Gasteiger partial charge in [-0.25, -0.2) is 4.79 Å². The van der Waals surface area contributed by atoms with Crippen molar-refractivity contribution in [3.05, 3.63) is 35.4 Å². The Balaban J connectivity index is 2.09. The van der Waals surface area contributed by atoms with Crippen molar-refractivity contribution in [1.29, 1.82) is 0 Å². The van der Waals surface area contributed by atoms with Gasteiger partial charge in [0.25, 0.3) is 0 Å². The minimum Gasteiger partial charge on any atom is -0.480 e. The maximum absolute atomic E-state index is 12.3. The molecule has 0 aromatic heterocycles. The van der Waals surface area contributed by atoms with Crippen molar-refractivity contribution in [2.45, 2.75) is 45.3 Å². The first kappa shape index (κ1) is 15.5. The summed E-state index contributed by atoms with van der Waals surface area (Å²) in [5.74, 6) is -1.04. The average molecular weight is 290 g/mol. The van der Waals surface area contributed by atoms with Crippen molar-refractivity contribution < 1.29 is 14.7 Å². The molecule has 0 fully saturated rings. The summed E-state index contributed by atoms with van der Waals surface area (Å²) in [4.78, 5) is 25.3. The minimum atomic E-state index is -0.935. The maximum Gasteiger partial charge on any atom is 0.326 e. The van der Waals surface area contributed by atoms with E-state index in [0.717, 1.165) is 11.1 Å². The first-order valence-corrected chi connectivity index (χ1v) is 7.31. The van der Waals surface area contributed by atoms with Gasteiger partial charge in [-0.15, -0.1) is 0 Å². The van der Waals surface area contributed by atoms with Gasteiger partial charge in [0.05, 0.1) is 0 Å². The standard InChI is InChI=1S/C16H22N2O3/c1-11(2)17-8-7-15(19)18-10-13-6-4-3-5-12(13)9-14(18)16(20)21/h3-6,11,14,17H,7-10H2,1-2H3,(H,20,21)/t14-/m1/s1. The molecule has 0 spiro atoms. The molecule has 1 aliphatic heterocycles. The molecule has 2 N–H and O–H groups in total. The molecule has 21 heavy (non-hydrogen) atoms. The maximum atomic E-state index is 12.3. The first-order valence-electron chi connectivity index (χ1n) is 7.31. The fraction of sp³-hybridized carbons (Fsp3) is 0.500. The zero-order valence-corrected chi connectivity index (χ0v) is 12.5. The van der Waals surface area contributed by atoms with E-state index < -0.39 is 12.0 Å². The molecule has 1 atom stereocenters. The van der Waals surface area contributed by atoms with Gasteiger partial charge < -0.3 is 15.3 Å². The molecule has 0 radical (unpaired) electrons. The molecule has 5 heteroatoms. The van der Waals surface area contributed by atoms with Crippen molar-refractivity contribution in [1.82, 2.24) is 10.2 Å². The SMILES string of the molecule is CC(C)NCCC(=O)N1Cc2ccccc2C[C@@H]1C(=O)O. The van der Waals surface area contributed by atoms with Crippen molar-refractivity contribution in [2.24, 2.45) is 0 Å². The molecule has 0 saturated heterocycles. The Morgan fingerprint density at radius 3 is 2.62 bits per heavy atom. The molecular formula is C16H22N2O3. The molecule has 114 valence electrons. The zero-order valence-electron chi connectivity index (χ0n) is 12.5. The van der Waals surface area contributed by atoms with Gasteiger partial charge in [-0.05, 0) is 11.1 Å². The van der Waals surface area contributed by atoms with E-state index >= 15 is 0 Å². The lowest BCUT2D eigenvalue weighted by atomic mass is 9.93. The van der Waals surface area contributed by atoms with E-state index in [4.69, 9.17) is 0 Å². The van der Waals surface area contributed by atoms with Crippen LogP contribution >= 0.6 is 0 Å². The van der Waals surface area contributed by atoms with Crippen LogP contribution in [0.25, 0.3) is 0 Å². The third-order valence-corrected chi connectivity index (χ3v) is 3.75. The number of hydrogen-bond acceptors (Lipinski definition) is 3. The van der Waals surface area contributed by atoms with Crippen LogP contribution in [-0.2, 0) is 22.6 Å². The molecule has 0 aliphatic carbocycles. The fourth-order valence-electron chi connectivity index (χ4n) is 2.62. The van der Waals surface area contributed by atoms with Crippen LogP contribution in [0.3, 0.4) is 0 Å². The highest BCUT2D eigenvalue weighted by Gasteiger charge is 2.33. The Morgan fingerprint density at radius 2 is 2.00 bits per heavy atom. The van der Waals surface area contributed by atoms with Gasteiger partial charge in [-0.3, -0.25) is 4.79 Å². The second-order valence-electron chi connectivity index (χ2n) is 5.71. The van der Waals surface area contributed by atoms with E-state index in [1.807, 2.05) is 38.1 Å². The summed E-state index contributed by atoms with van der Waals surface area (Å²) in [5, 5.41) is 12.6. The molecule has 0 unspecified atom stereocenters. The fourth-order valence-corrected chi connectivity index (χ4v) is 2.62. The third-order valence-electron chi connectivity index (χ3n) is 3.75. The number of aliphatic carboxylic acids is 1. The summed E-state index contributed by atoms with van der Waals surface area (Å²) in [6.45, 7) is 4.98. The highest BCUT2D eigenvalue weighted by Crippen LogP contribution is 2.24. The van der Waals surface area contributed by atoms with Crippen molar-refractivity contribution in [3.8, 4) is 0 Å². The Hall–Kier alpha value is -1.88. The summed E-state index contributed by atoms with van der Waals surface area (Å²) in [5.41, 5.74) is 2.06. The van der Waals surface area contributed by atoms with Gasteiger partial charge >= 0.3 is 5.97 Å². The number of benzene rings is 1. The second kappa shape index (κ2) is 6.72. The molecule has 1 aromatic rings. The summed E-state index contributed by atoms with van der Waals surface area (Å²) >= 11 is 0. The molecule has 1 aliphatic rings. The number of carbonyl (C=O) groups is 2. The van der Waals surface area contributed by atoms with Gasteiger partial charge in [-0.1, -0.05) is 38.1 Å². The minimum absolute atomic E-state index is 0.106.